The molecule has 2 aromatic carbocycles. The molecule has 2 unspecified atom stereocenters. The Morgan fingerprint density at radius 2 is 1.03 bits per heavy atom. The molecule has 0 nitrogen and oxygen atoms in total. The van der Waals surface area contributed by atoms with Gasteiger partial charge in [0, 0.05) is 0 Å². The summed E-state index contributed by atoms with van der Waals surface area (Å²) in [6.07, 6.45) is 17.2. The molecule has 34 heavy (non-hydrogen) atoms. The van der Waals surface area contributed by atoms with E-state index in [1.807, 2.05) is 0 Å². The molecule has 2 aromatic rings. The van der Waals surface area contributed by atoms with Crippen molar-refractivity contribution in [1.82, 2.24) is 0 Å². The first-order valence-corrected chi connectivity index (χ1v) is 24.5. The minimum atomic E-state index is -4.52. The third kappa shape index (κ3) is 4.27. The van der Waals surface area contributed by atoms with Crippen LogP contribution < -0.4 is 0 Å². The molecule has 0 aliphatic heterocycles. The van der Waals surface area contributed by atoms with Crippen LogP contribution in [-0.2, 0) is 42.1 Å². The molecule has 0 saturated carbocycles. The summed E-state index contributed by atoms with van der Waals surface area (Å²) in [5.41, 5.74) is 11.4. The molecule has 0 radical (unpaired) electrons. The monoisotopic (exact) mass is 573 g/mol. The quantitative estimate of drug-likeness (QED) is 0.247. The fraction of sp³-hybridized carbons (Fsp3) is 0.484. The van der Waals surface area contributed by atoms with Crippen LogP contribution in [0, 0.1) is 0 Å². The summed E-state index contributed by atoms with van der Waals surface area (Å²) in [6.45, 7) is 11.3. The van der Waals surface area contributed by atoms with E-state index in [0.29, 0.717) is 0 Å². The molecular weight excluding hydrogens is 534 g/mol. The van der Waals surface area contributed by atoms with Gasteiger partial charge in [0.15, 0.2) is 0 Å². The zero-order valence-electron chi connectivity index (χ0n) is 21.7. The SMILES string of the molecule is CCCC[CH2][Zr]([Cl])([Cl])([CH]1C=Cc2c(CC)ccc(CC)c21)[CH]1C=Cc2c(CC)ccc(CC)c21. The Kier molecular flexibility index (Phi) is 8.09. The van der Waals surface area contributed by atoms with Gasteiger partial charge in [0.2, 0.25) is 0 Å². The van der Waals surface area contributed by atoms with Gasteiger partial charge in [0.05, 0.1) is 0 Å². The van der Waals surface area contributed by atoms with Gasteiger partial charge in [-0.15, -0.1) is 0 Å². The van der Waals surface area contributed by atoms with E-state index >= 15 is 0 Å². The minimum absolute atomic E-state index is 0.175. The van der Waals surface area contributed by atoms with Gasteiger partial charge in [0.1, 0.15) is 0 Å². The summed E-state index contributed by atoms with van der Waals surface area (Å²) in [5.74, 6) is 0. The zero-order chi connectivity index (χ0) is 24.5. The summed E-state index contributed by atoms with van der Waals surface area (Å²) >= 11 is -4.52. The third-order valence-electron chi connectivity index (χ3n) is 8.52. The van der Waals surface area contributed by atoms with E-state index in [9.17, 15) is 0 Å². The number of benzene rings is 2. The van der Waals surface area contributed by atoms with E-state index in [1.165, 1.54) is 57.3 Å². The Morgan fingerprint density at radius 1 is 0.618 bits per heavy atom. The molecule has 2 aliphatic rings. The Hall–Kier alpha value is -0.617. The molecule has 2 aliphatic carbocycles. The van der Waals surface area contributed by atoms with E-state index < -0.39 is 16.4 Å². The maximum atomic E-state index is 8.22. The maximum absolute atomic E-state index is 8.22. The molecule has 0 heterocycles. The molecule has 0 N–H and O–H groups in total. The van der Waals surface area contributed by atoms with E-state index in [4.69, 9.17) is 17.0 Å². The van der Waals surface area contributed by atoms with Gasteiger partial charge in [-0.1, -0.05) is 0 Å². The summed E-state index contributed by atoms with van der Waals surface area (Å²) in [4.78, 5) is 0. The van der Waals surface area contributed by atoms with Crippen molar-refractivity contribution in [2.24, 2.45) is 0 Å². The van der Waals surface area contributed by atoms with Crippen LogP contribution in [-0.4, -0.2) is 0 Å². The van der Waals surface area contributed by atoms with Gasteiger partial charge in [0.25, 0.3) is 0 Å². The fourth-order valence-corrected chi connectivity index (χ4v) is 24.2. The van der Waals surface area contributed by atoms with E-state index in [-0.39, 0.29) is 7.25 Å². The number of hydrogen-bond donors (Lipinski definition) is 0. The van der Waals surface area contributed by atoms with Gasteiger partial charge < -0.3 is 0 Å². The second-order valence-corrected chi connectivity index (χ2v) is 32.9. The fourth-order valence-electron chi connectivity index (χ4n) is 6.59. The number of halogens is 2. The van der Waals surface area contributed by atoms with E-state index in [0.717, 1.165) is 36.2 Å². The van der Waals surface area contributed by atoms with Gasteiger partial charge in [-0.2, -0.15) is 0 Å². The predicted molar refractivity (Wildman–Crippen MR) is 150 cm³/mol. The predicted octanol–water partition coefficient (Wildman–Crippen LogP) is 10.4. The number of aryl methyl sites for hydroxylation is 4. The van der Waals surface area contributed by atoms with Crippen LogP contribution in [0.3, 0.4) is 0 Å². The molecule has 0 saturated heterocycles. The Balaban J connectivity index is 1.95. The van der Waals surface area contributed by atoms with Gasteiger partial charge in [-0.25, -0.2) is 0 Å². The van der Waals surface area contributed by atoms with Crippen LogP contribution in [0.1, 0.15) is 106 Å². The van der Waals surface area contributed by atoms with Crippen LogP contribution >= 0.6 is 17.0 Å². The van der Waals surface area contributed by atoms with Crippen LogP contribution in [0.25, 0.3) is 12.2 Å². The van der Waals surface area contributed by atoms with Crippen LogP contribution in [0.5, 0.6) is 0 Å². The van der Waals surface area contributed by atoms with E-state index in [2.05, 4.69) is 83.2 Å². The number of allylic oxidation sites excluding steroid dienone is 2. The molecule has 0 bridgehead atoms. The molecule has 0 spiro atoms. The average molecular weight is 576 g/mol. The number of unbranched alkanes of at least 4 members (excludes halogenated alkanes) is 2. The van der Waals surface area contributed by atoms with Gasteiger partial charge in [-0.05, 0) is 0 Å². The molecule has 3 heteroatoms. The second-order valence-electron chi connectivity index (χ2n) is 10.3. The molecule has 4 rings (SSSR count). The number of fused-ring (bicyclic) bond motifs is 2. The topological polar surface area (TPSA) is 0 Å². The molecule has 2 atom stereocenters. The van der Waals surface area contributed by atoms with Crippen molar-refractivity contribution >= 4 is 29.2 Å². The van der Waals surface area contributed by atoms with Crippen molar-refractivity contribution in [3.63, 3.8) is 0 Å². The van der Waals surface area contributed by atoms with Crippen molar-refractivity contribution in [2.75, 3.05) is 0 Å². The summed E-state index contributed by atoms with van der Waals surface area (Å²) < 4.78 is 1.34. The first-order chi connectivity index (χ1) is 16.3. The Morgan fingerprint density at radius 3 is 1.41 bits per heavy atom. The Labute approximate surface area is 216 Å². The van der Waals surface area contributed by atoms with Crippen molar-refractivity contribution in [3.05, 3.63) is 80.9 Å². The second kappa shape index (κ2) is 10.4. The standard InChI is InChI=1S/2C13H15.C5H11.2ClH.Zr/c2*1-3-10-8-9-11(4-2)13-7-5-6-12(10)13;1-3-5-4-2;;;/h2*5-9H,3-4H2,1-2H3;1,3-5H2,2H3;2*1H;/q;;;;;+2/p-2. The first kappa shape index (κ1) is 26.4. The van der Waals surface area contributed by atoms with Crippen LogP contribution in [0.4, 0.5) is 0 Å². The van der Waals surface area contributed by atoms with E-state index in [1.54, 1.807) is 0 Å². The normalized spacial score (nSPS) is 19.8. The van der Waals surface area contributed by atoms with Gasteiger partial charge >= 0.3 is 217 Å². The summed E-state index contributed by atoms with van der Waals surface area (Å²) in [7, 11) is 16.4. The summed E-state index contributed by atoms with van der Waals surface area (Å²) in [6, 6.07) is 9.33. The van der Waals surface area contributed by atoms with Crippen molar-refractivity contribution < 1.29 is 16.4 Å². The first-order valence-electron chi connectivity index (χ1n) is 13.6. The van der Waals surface area contributed by atoms with Crippen LogP contribution in [0.2, 0.25) is 4.13 Å². The Bertz CT molecular complexity index is 1040. The number of hydrogen-bond acceptors (Lipinski definition) is 0. The third-order valence-corrected chi connectivity index (χ3v) is 28.1. The molecule has 0 amide bonds. The van der Waals surface area contributed by atoms with Crippen molar-refractivity contribution in [2.45, 2.75) is 90.9 Å². The molecule has 183 valence electrons. The summed E-state index contributed by atoms with van der Waals surface area (Å²) in [5, 5.41) is 0. The molecular formula is C31H41Cl2Zr. The molecule has 0 fully saturated rings. The number of rotatable bonds is 10. The average Bonchev–Trinajstić information content (AvgIpc) is 3.50. The van der Waals surface area contributed by atoms with Crippen LogP contribution in [0.15, 0.2) is 36.4 Å². The zero-order valence-corrected chi connectivity index (χ0v) is 25.7. The van der Waals surface area contributed by atoms with Crippen molar-refractivity contribution in [3.8, 4) is 0 Å². The molecule has 0 aromatic heterocycles. The van der Waals surface area contributed by atoms with Gasteiger partial charge in [-0.3, -0.25) is 0 Å². The van der Waals surface area contributed by atoms with Crippen molar-refractivity contribution in [1.29, 1.82) is 0 Å².